The zero-order valence-corrected chi connectivity index (χ0v) is 25.8. The second kappa shape index (κ2) is 12.6. The SMILES string of the molecule is Cc1cc(C[C@@H](CC(=O)N2CCC(N3Cc4cscc4NC3=O)CC2)C(=O)N2CCC(N(C)C)CC2)cc(Cl)c1N. The van der Waals surface area contributed by atoms with Gasteiger partial charge in [-0.2, -0.15) is 0 Å². The predicted molar refractivity (Wildman–Crippen MR) is 164 cm³/mol. The number of hydrogen-bond acceptors (Lipinski definition) is 6. The molecule has 2 saturated heterocycles. The van der Waals surface area contributed by atoms with E-state index in [1.165, 1.54) is 0 Å². The number of benzene rings is 1. The van der Waals surface area contributed by atoms with E-state index in [1.54, 1.807) is 11.3 Å². The van der Waals surface area contributed by atoms with Crippen molar-refractivity contribution in [2.75, 3.05) is 51.3 Å². The number of anilines is 2. The van der Waals surface area contributed by atoms with Crippen LogP contribution in [-0.4, -0.2) is 89.8 Å². The predicted octanol–water partition coefficient (Wildman–Crippen LogP) is 4.43. The Hall–Kier alpha value is -2.82. The Morgan fingerprint density at radius 1 is 1.10 bits per heavy atom. The maximum atomic E-state index is 13.8. The summed E-state index contributed by atoms with van der Waals surface area (Å²) in [6.07, 6.45) is 3.89. The second-order valence-electron chi connectivity index (χ2n) is 11.9. The average molecular weight is 601 g/mol. The lowest BCUT2D eigenvalue weighted by Gasteiger charge is -2.40. The van der Waals surface area contributed by atoms with E-state index in [1.807, 2.05) is 39.1 Å². The number of piperidine rings is 2. The fraction of sp³-hybridized carbons (Fsp3) is 0.567. The number of carbonyl (C=O) groups is 3. The molecule has 0 radical (unpaired) electrons. The van der Waals surface area contributed by atoms with Crippen LogP contribution < -0.4 is 11.1 Å². The number of urea groups is 1. The zero-order chi connectivity index (χ0) is 29.3. The van der Waals surface area contributed by atoms with Gasteiger partial charge in [0, 0.05) is 55.6 Å². The van der Waals surface area contributed by atoms with Crippen molar-refractivity contribution in [1.29, 1.82) is 0 Å². The van der Waals surface area contributed by atoms with E-state index in [2.05, 4.69) is 29.7 Å². The number of likely N-dealkylation sites (tertiary alicyclic amines) is 2. The Morgan fingerprint density at radius 2 is 1.78 bits per heavy atom. The van der Waals surface area contributed by atoms with Gasteiger partial charge in [0.25, 0.3) is 0 Å². The number of hydrogen-bond donors (Lipinski definition) is 2. The molecule has 2 aromatic rings. The molecular weight excluding hydrogens is 560 g/mol. The van der Waals surface area contributed by atoms with Crippen LogP contribution in [0.15, 0.2) is 22.9 Å². The first-order valence-electron chi connectivity index (χ1n) is 14.5. The highest BCUT2D eigenvalue weighted by Crippen LogP contribution is 2.31. The molecule has 3 aliphatic heterocycles. The fourth-order valence-corrected chi connectivity index (χ4v) is 7.47. The molecule has 2 fully saturated rings. The first-order chi connectivity index (χ1) is 19.6. The van der Waals surface area contributed by atoms with Crippen molar-refractivity contribution in [1.82, 2.24) is 19.6 Å². The molecule has 4 heterocycles. The average Bonchev–Trinajstić information content (AvgIpc) is 3.42. The molecule has 3 aliphatic rings. The summed E-state index contributed by atoms with van der Waals surface area (Å²) in [6.45, 7) is 5.06. The van der Waals surface area contributed by atoms with Gasteiger partial charge in [0.05, 0.1) is 28.9 Å². The van der Waals surface area contributed by atoms with Crippen LogP contribution in [0, 0.1) is 12.8 Å². The number of fused-ring (bicyclic) bond motifs is 1. The molecule has 11 heteroatoms. The number of nitrogens with two attached hydrogens (primary N) is 1. The van der Waals surface area contributed by atoms with Crippen LogP contribution in [0.1, 0.15) is 48.8 Å². The lowest BCUT2D eigenvalue weighted by Crippen LogP contribution is -2.51. The molecule has 41 heavy (non-hydrogen) atoms. The van der Waals surface area contributed by atoms with Crippen molar-refractivity contribution >= 4 is 52.2 Å². The molecule has 0 spiro atoms. The highest BCUT2D eigenvalue weighted by atomic mass is 35.5. The van der Waals surface area contributed by atoms with Crippen molar-refractivity contribution in [3.63, 3.8) is 0 Å². The van der Waals surface area contributed by atoms with Crippen molar-refractivity contribution < 1.29 is 14.4 Å². The third-order valence-corrected chi connectivity index (χ3v) is 10.1. The van der Waals surface area contributed by atoms with Gasteiger partial charge in [-0.1, -0.05) is 17.7 Å². The number of nitrogen functional groups attached to an aromatic ring is 1. The standard InChI is InChI=1S/C30H41ClN6O3S/c1-19-12-20(14-25(31)28(19)32)13-21(29(39)36-10-4-23(5-11-36)34(2)3)15-27(38)35-8-6-24(7-9-35)37-16-22-17-41-18-26(22)33-30(37)40/h12,14,17-18,21,23-24H,4-11,13,15-16,32H2,1-3H3,(H,33,40)/t21-/m0/s1. The quantitative estimate of drug-likeness (QED) is 0.458. The maximum absolute atomic E-state index is 13.8. The molecule has 1 aromatic carbocycles. The van der Waals surface area contributed by atoms with Gasteiger partial charge < -0.3 is 30.7 Å². The van der Waals surface area contributed by atoms with E-state index in [0.717, 1.165) is 48.1 Å². The summed E-state index contributed by atoms with van der Waals surface area (Å²) in [5.41, 5.74) is 10.4. The molecule has 1 aromatic heterocycles. The lowest BCUT2D eigenvalue weighted by atomic mass is 9.91. The molecule has 0 unspecified atom stereocenters. The van der Waals surface area contributed by atoms with Crippen LogP contribution in [0.5, 0.6) is 0 Å². The molecule has 222 valence electrons. The molecule has 0 saturated carbocycles. The normalized spacial score (nSPS) is 19.3. The molecule has 0 aliphatic carbocycles. The van der Waals surface area contributed by atoms with Crippen LogP contribution in [0.3, 0.4) is 0 Å². The Kier molecular flexibility index (Phi) is 9.11. The van der Waals surface area contributed by atoms with E-state index < -0.39 is 5.92 Å². The van der Waals surface area contributed by atoms with Gasteiger partial charge in [0.1, 0.15) is 0 Å². The van der Waals surface area contributed by atoms with E-state index in [4.69, 9.17) is 17.3 Å². The summed E-state index contributed by atoms with van der Waals surface area (Å²) in [5, 5.41) is 7.51. The monoisotopic (exact) mass is 600 g/mol. The number of nitrogens with one attached hydrogen (secondary N) is 1. The number of nitrogens with zero attached hydrogens (tertiary/aromatic N) is 4. The minimum Gasteiger partial charge on any atom is -0.397 e. The van der Waals surface area contributed by atoms with Crippen molar-refractivity contribution in [3.8, 4) is 0 Å². The van der Waals surface area contributed by atoms with E-state index in [9.17, 15) is 14.4 Å². The summed E-state index contributed by atoms with van der Waals surface area (Å²) in [7, 11) is 4.16. The highest BCUT2D eigenvalue weighted by Gasteiger charge is 2.35. The summed E-state index contributed by atoms with van der Waals surface area (Å²) in [6, 6.07) is 4.27. The fourth-order valence-electron chi connectivity index (χ4n) is 6.40. The topological polar surface area (TPSA) is 102 Å². The number of halogens is 1. The van der Waals surface area contributed by atoms with Gasteiger partial charge in [0.2, 0.25) is 11.8 Å². The molecule has 4 amide bonds. The molecular formula is C30H41ClN6O3S. The van der Waals surface area contributed by atoms with Gasteiger partial charge in [0.15, 0.2) is 0 Å². The first-order valence-corrected chi connectivity index (χ1v) is 15.8. The van der Waals surface area contributed by atoms with Crippen molar-refractivity contribution in [2.24, 2.45) is 5.92 Å². The first kappa shape index (κ1) is 29.7. The molecule has 1 atom stereocenters. The largest absolute Gasteiger partial charge is 0.397 e. The Bertz CT molecular complexity index is 1260. The number of rotatable bonds is 7. The lowest BCUT2D eigenvalue weighted by molar-refractivity contribution is -0.143. The second-order valence-corrected chi connectivity index (χ2v) is 13.1. The third-order valence-electron chi connectivity index (χ3n) is 9.00. The zero-order valence-electron chi connectivity index (χ0n) is 24.2. The van der Waals surface area contributed by atoms with Crippen LogP contribution in [0.25, 0.3) is 0 Å². The van der Waals surface area contributed by atoms with Crippen LogP contribution in [0.2, 0.25) is 5.02 Å². The maximum Gasteiger partial charge on any atom is 0.322 e. The van der Waals surface area contributed by atoms with E-state index in [-0.39, 0.29) is 30.3 Å². The third kappa shape index (κ3) is 6.65. The van der Waals surface area contributed by atoms with Crippen molar-refractivity contribution in [3.05, 3.63) is 44.6 Å². The van der Waals surface area contributed by atoms with E-state index in [0.29, 0.717) is 55.9 Å². The number of aryl methyl sites for hydroxylation is 1. The molecule has 5 rings (SSSR count). The summed E-state index contributed by atoms with van der Waals surface area (Å²) < 4.78 is 0. The minimum absolute atomic E-state index is 0.00791. The van der Waals surface area contributed by atoms with Gasteiger partial charge in [-0.3, -0.25) is 9.59 Å². The van der Waals surface area contributed by atoms with Gasteiger partial charge in [-0.25, -0.2) is 4.79 Å². The van der Waals surface area contributed by atoms with E-state index >= 15 is 0 Å². The Balaban J connectivity index is 1.24. The van der Waals surface area contributed by atoms with Crippen LogP contribution in [0.4, 0.5) is 16.2 Å². The summed E-state index contributed by atoms with van der Waals surface area (Å²) in [4.78, 5) is 48.1. The number of amides is 4. The highest BCUT2D eigenvalue weighted by molar-refractivity contribution is 7.08. The number of thiophene rings is 1. The van der Waals surface area contributed by atoms with Gasteiger partial charge in [-0.15, -0.1) is 11.3 Å². The smallest absolute Gasteiger partial charge is 0.322 e. The molecule has 0 bridgehead atoms. The van der Waals surface area contributed by atoms with Crippen LogP contribution >= 0.6 is 22.9 Å². The van der Waals surface area contributed by atoms with Crippen LogP contribution in [-0.2, 0) is 22.6 Å². The van der Waals surface area contributed by atoms with Gasteiger partial charge in [-0.05, 0) is 75.7 Å². The van der Waals surface area contributed by atoms with Crippen molar-refractivity contribution in [2.45, 2.75) is 64.1 Å². The minimum atomic E-state index is -0.472. The molecule has 9 nitrogen and oxygen atoms in total. The van der Waals surface area contributed by atoms with Gasteiger partial charge >= 0.3 is 6.03 Å². The Morgan fingerprint density at radius 3 is 2.44 bits per heavy atom. The number of carbonyl (C=O) groups excluding carboxylic acids is 3. The Labute approximate surface area is 251 Å². The summed E-state index contributed by atoms with van der Waals surface area (Å²) >= 11 is 7.97. The molecule has 3 N–H and O–H groups in total. The summed E-state index contributed by atoms with van der Waals surface area (Å²) in [5.74, 6) is -0.445.